The number of benzene rings is 1. The van der Waals surface area contributed by atoms with Crippen LogP contribution >= 0.6 is 0 Å². The highest BCUT2D eigenvalue weighted by atomic mass is 16.1. The number of carbonyl (C=O) groups excluding carboxylic acids is 1. The number of hydrogen-bond donors (Lipinski definition) is 2. The lowest BCUT2D eigenvalue weighted by Crippen LogP contribution is -2.13. The topological polar surface area (TPSA) is 93.8 Å². The summed E-state index contributed by atoms with van der Waals surface area (Å²) in [5.74, 6) is 0.642. The summed E-state index contributed by atoms with van der Waals surface area (Å²) in [6, 6.07) is 7.23. The molecule has 0 aromatic heterocycles. The molecular weight excluding hydrogens is 204 g/mol. The Balaban J connectivity index is 2.85. The second kappa shape index (κ2) is 5.65. The first-order valence-corrected chi connectivity index (χ1v) is 4.79. The normalized spacial score (nSPS) is 12.6. The number of nitrogens with two attached hydrogens (primary N) is 2. The number of rotatable bonds is 4. The molecule has 0 aliphatic rings. The summed E-state index contributed by atoms with van der Waals surface area (Å²) in [7, 11) is 0. The highest BCUT2D eigenvalue weighted by Crippen LogP contribution is 2.04. The van der Waals surface area contributed by atoms with Gasteiger partial charge in [-0.05, 0) is 12.5 Å². The Morgan fingerprint density at radius 3 is 2.38 bits per heavy atom. The molecule has 0 amide bonds. The van der Waals surface area contributed by atoms with E-state index in [0.29, 0.717) is 18.1 Å². The molecule has 4 N–H and O–H groups in total. The number of amidine groups is 2. The second-order valence-corrected chi connectivity index (χ2v) is 3.29. The van der Waals surface area contributed by atoms with E-state index in [4.69, 9.17) is 11.5 Å². The van der Waals surface area contributed by atoms with Crippen molar-refractivity contribution in [1.82, 2.24) is 0 Å². The quantitative estimate of drug-likeness (QED) is 0.332. The van der Waals surface area contributed by atoms with Gasteiger partial charge in [-0.1, -0.05) is 24.3 Å². The molecule has 0 aliphatic heterocycles. The third-order valence-corrected chi connectivity index (χ3v) is 1.88. The van der Waals surface area contributed by atoms with Gasteiger partial charge in [0, 0.05) is 12.0 Å². The Labute approximate surface area is 93.9 Å². The summed E-state index contributed by atoms with van der Waals surface area (Å²) in [4.78, 5) is 10.3. The van der Waals surface area contributed by atoms with Crippen LogP contribution in [0.1, 0.15) is 18.1 Å². The van der Waals surface area contributed by atoms with Crippen molar-refractivity contribution < 1.29 is 4.79 Å². The zero-order chi connectivity index (χ0) is 12.0. The number of nitrogens with zero attached hydrogens (tertiary/aromatic N) is 2. The van der Waals surface area contributed by atoms with Crippen molar-refractivity contribution in [3.8, 4) is 0 Å². The smallest absolute Gasteiger partial charge is 0.153 e. The summed E-state index contributed by atoms with van der Waals surface area (Å²) in [5.41, 5.74) is 12.7. The van der Waals surface area contributed by atoms with E-state index in [0.717, 1.165) is 17.4 Å². The van der Waals surface area contributed by atoms with Crippen molar-refractivity contribution in [2.75, 3.05) is 0 Å². The molecule has 0 fully saturated rings. The molecule has 1 aromatic carbocycles. The van der Waals surface area contributed by atoms with E-state index in [1.807, 2.05) is 12.1 Å². The van der Waals surface area contributed by atoms with Crippen LogP contribution in [0, 0.1) is 0 Å². The lowest BCUT2D eigenvalue weighted by Gasteiger charge is -2.00. The first-order valence-electron chi connectivity index (χ1n) is 4.79. The molecule has 1 rings (SSSR count). The first-order chi connectivity index (χ1) is 7.63. The predicted molar refractivity (Wildman–Crippen MR) is 64.2 cm³/mol. The molecule has 0 radical (unpaired) electrons. The Morgan fingerprint density at radius 1 is 1.25 bits per heavy atom. The monoisotopic (exact) mass is 218 g/mol. The van der Waals surface area contributed by atoms with E-state index in [9.17, 15) is 4.79 Å². The summed E-state index contributed by atoms with van der Waals surface area (Å²) >= 11 is 0. The van der Waals surface area contributed by atoms with Gasteiger partial charge in [-0.2, -0.15) is 0 Å². The zero-order valence-electron chi connectivity index (χ0n) is 9.05. The number of hydrogen-bond acceptors (Lipinski definition) is 3. The lowest BCUT2D eigenvalue weighted by atomic mass is 10.1. The first kappa shape index (κ1) is 11.9. The molecule has 5 heteroatoms. The molecule has 0 heterocycles. The molecule has 5 nitrogen and oxygen atoms in total. The van der Waals surface area contributed by atoms with Crippen LogP contribution < -0.4 is 11.5 Å². The van der Waals surface area contributed by atoms with E-state index >= 15 is 0 Å². The van der Waals surface area contributed by atoms with Gasteiger partial charge in [0.2, 0.25) is 0 Å². The summed E-state index contributed by atoms with van der Waals surface area (Å²) in [5, 5.41) is 7.42. The van der Waals surface area contributed by atoms with Crippen LogP contribution in [0.3, 0.4) is 0 Å². The Morgan fingerprint density at radius 2 is 1.88 bits per heavy atom. The number of carbonyl (C=O) groups is 1. The van der Waals surface area contributed by atoms with E-state index < -0.39 is 0 Å². The fourth-order valence-electron chi connectivity index (χ4n) is 1.10. The van der Waals surface area contributed by atoms with Gasteiger partial charge in [0.1, 0.15) is 12.1 Å². The fourth-order valence-corrected chi connectivity index (χ4v) is 1.10. The Hall–Kier alpha value is -2.17. The molecule has 0 spiro atoms. The van der Waals surface area contributed by atoms with Crippen LogP contribution in [0.15, 0.2) is 34.5 Å². The maximum Gasteiger partial charge on any atom is 0.153 e. The van der Waals surface area contributed by atoms with Crippen molar-refractivity contribution in [2.45, 2.75) is 13.3 Å². The molecule has 16 heavy (non-hydrogen) atoms. The van der Waals surface area contributed by atoms with Gasteiger partial charge in [0.05, 0.1) is 0 Å². The maximum atomic E-state index is 10.3. The largest absolute Gasteiger partial charge is 0.386 e. The molecule has 0 saturated heterocycles. The SMILES string of the molecule is C/C(N)=N/N=C(\N)c1ccc(CC=O)cc1. The third kappa shape index (κ3) is 3.53. The van der Waals surface area contributed by atoms with Crippen LogP contribution in [-0.4, -0.2) is 18.0 Å². The van der Waals surface area contributed by atoms with Crippen molar-refractivity contribution in [1.29, 1.82) is 0 Å². The van der Waals surface area contributed by atoms with Gasteiger partial charge in [-0.15, -0.1) is 10.2 Å². The summed E-state index contributed by atoms with van der Waals surface area (Å²) in [6.45, 7) is 1.63. The van der Waals surface area contributed by atoms with Gasteiger partial charge >= 0.3 is 0 Å². The van der Waals surface area contributed by atoms with E-state index in [1.165, 1.54) is 0 Å². The van der Waals surface area contributed by atoms with Gasteiger partial charge in [-0.3, -0.25) is 0 Å². The Kier molecular flexibility index (Phi) is 4.20. The molecular formula is C11H14N4O. The molecule has 0 aliphatic carbocycles. The average Bonchev–Trinajstić information content (AvgIpc) is 2.27. The average molecular weight is 218 g/mol. The van der Waals surface area contributed by atoms with Gasteiger partial charge in [0.25, 0.3) is 0 Å². The zero-order valence-corrected chi connectivity index (χ0v) is 9.05. The van der Waals surface area contributed by atoms with Crippen LogP contribution in [-0.2, 0) is 11.2 Å². The highest BCUT2D eigenvalue weighted by molar-refractivity contribution is 5.97. The predicted octanol–water partition coefficient (Wildman–Crippen LogP) is 0.425. The van der Waals surface area contributed by atoms with Crippen molar-refractivity contribution >= 4 is 18.0 Å². The minimum atomic E-state index is 0.294. The van der Waals surface area contributed by atoms with Crippen LogP contribution in [0.2, 0.25) is 0 Å². The van der Waals surface area contributed by atoms with E-state index in [-0.39, 0.29) is 0 Å². The minimum Gasteiger partial charge on any atom is -0.386 e. The van der Waals surface area contributed by atoms with Crippen LogP contribution in [0.25, 0.3) is 0 Å². The summed E-state index contributed by atoms with van der Waals surface area (Å²) < 4.78 is 0. The maximum absolute atomic E-state index is 10.3. The van der Waals surface area contributed by atoms with Crippen molar-refractivity contribution in [2.24, 2.45) is 21.7 Å². The van der Waals surface area contributed by atoms with Crippen LogP contribution in [0.5, 0.6) is 0 Å². The molecule has 0 atom stereocenters. The minimum absolute atomic E-state index is 0.294. The Bertz CT molecular complexity index is 416. The molecule has 1 aromatic rings. The molecule has 0 unspecified atom stereocenters. The lowest BCUT2D eigenvalue weighted by molar-refractivity contribution is -0.107. The standard InChI is InChI=1S/C11H14N4O/c1-8(12)14-15-11(13)10-4-2-9(3-5-10)6-7-16/h2-5,7H,6H2,1H3,(H2,12,14)(H2,13,15). The molecule has 0 saturated carbocycles. The van der Waals surface area contributed by atoms with Gasteiger partial charge in [-0.25, -0.2) is 0 Å². The van der Waals surface area contributed by atoms with Crippen LogP contribution in [0.4, 0.5) is 0 Å². The van der Waals surface area contributed by atoms with Gasteiger partial charge in [0.15, 0.2) is 5.84 Å². The highest BCUT2D eigenvalue weighted by Gasteiger charge is 1.98. The van der Waals surface area contributed by atoms with E-state index in [2.05, 4.69) is 10.2 Å². The van der Waals surface area contributed by atoms with Crippen molar-refractivity contribution in [3.63, 3.8) is 0 Å². The molecule has 84 valence electrons. The molecule has 0 bridgehead atoms. The van der Waals surface area contributed by atoms with Gasteiger partial charge < -0.3 is 16.3 Å². The summed E-state index contributed by atoms with van der Waals surface area (Å²) in [6.07, 6.45) is 1.26. The van der Waals surface area contributed by atoms with Crippen molar-refractivity contribution in [3.05, 3.63) is 35.4 Å². The second-order valence-electron chi connectivity index (χ2n) is 3.29. The third-order valence-electron chi connectivity index (χ3n) is 1.88. The van der Waals surface area contributed by atoms with E-state index in [1.54, 1.807) is 19.1 Å². The number of aldehydes is 1. The fraction of sp³-hybridized carbons (Fsp3) is 0.182.